The van der Waals surface area contributed by atoms with Gasteiger partial charge >= 0.3 is 11.9 Å². The van der Waals surface area contributed by atoms with Gasteiger partial charge in [0.1, 0.15) is 0 Å². The largest absolute Gasteiger partial charge is 0.391 e. The molecule has 0 aromatic rings. The molecule has 13 heavy (non-hydrogen) atoms. The van der Waals surface area contributed by atoms with Crippen LogP contribution in [0.25, 0.3) is 0 Å². The van der Waals surface area contributed by atoms with E-state index in [1.807, 2.05) is 0 Å². The van der Waals surface area contributed by atoms with Crippen molar-refractivity contribution in [1.29, 1.82) is 0 Å². The van der Waals surface area contributed by atoms with Crippen molar-refractivity contribution >= 4 is 43.8 Å². The lowest BCUT2D eigenvalue weighted by atomic mass is 9.76. The van der Waals surface area contributed by atoms with Crippen molar-refractivity contribution in [1.82, 2.24) is 0 Å². The summed E-state index contributed by atoms with van der Waals surface area (Å²) in [4.78, 5) is 22.5. The van der Waals surface area contributed by atoms with Crippen LogP contribution in [0.15, 0.2) is 12.2 Å². The topological polar surface area (TPSA) is 43.4 Å². The Morgan fingerprint density at radius 2 is 2.00 bits per heavy atom. The number of ether oxygens (including phenoxy) is 1. The minimum absolute atomic E-state index is 0.0919. The molecule has 0 radical (unpaired) electrons. The molecule has 0 saturated carbocycles. The third-order valence-corrected chi connectivity index (χ3v) is 4.89. The van der Waals surface area contributed by atoms with Crippen molar-refractivity contribution in [2.75, 3.05) is 0 Å². The van der Waals surface area contributed by atoms with E-state index in [1.54, 1.807) is 12.2 Å². The average Bonchev–Trinajstić information content (AvgIpc) is 2.10. The van der Waals surface area contributed by atoms with Crippen molar-refractivity contribution in [3.05, 3.63) is 12.2 Å². The molecule has 2 aliphatic rings. The molecule has 0 bridgehead atoms. The number of hydrogen-bond donors (Lipinski definition) is 0. The summed E-state index contributed by atoms with van der Waals surface area (Å²) in [5.74, 6) is -0.866. The molecular formula is C8H6Br2O3. The molecule has 0 aromatic heterocycles. The lowest BCUT2D eigenvalue weighted by Gasteiger charge is -2.38. The molecule has 1 aliphatic heterocycles. The predicted molar refractivity (Wildman–Crippen MR) is 52.7 cm³/mol. The van der Waals surface area contributed by atoms with E-state index in [0.717, 1.165) is 0 Å². The summed E-state index contributed by atoms with van der Waals surface area (Å²) in [6, 6.07) is 0. The minimum Gasteiger partial charge on any atom is -0.391 e. The number of carbonyl (C=O) groups is 2. The van der Waals surface area contributed by atoms with E-state index in [-0.39, 0.29) is 9.65 Å². The fourth-order valence-electron chi connectivity index (χ4n) is 1.47. The maximum atomic E-state index is 11.1. The first-order valence-electron chi connectivity index (χ1n) is 3.80. The predicted octanol–water partition coefficient (Wildman–Crippen LogP) is 1.54. The summed E-state index contributed by atoms with van der Waals surface area (Å²) in [5, 5.41) is 0. The second-order valence-corrected chi connectivity index (χ2v) is 5.41. The van der Waals surface area contributed by atoms with E-state index < -0.39 is 17.4 Å². The highest BCUT2D eigenvalue weighted by Crippen LogP contribution is 2.44. The fourth-order valence-corrected chi connectivity index (χ4v) is 2.50. The Bertz CT molecular complexity index is 297. The zero-order valence-corrected chi connectivity index (χ0v) is 9.67. The number of cyclic esters (lactones) is 2. The molecule has 0 amide bonds. The maximum Gasteiger partial charge on any atom is 0.335 e. The first kappa shape index (κ1) is 9.40. The van der Waals surface area contributed by atoms with Gasteiger partial charge in [-0.1, -0.05) is 44.0 Å². The van der Waals surface area contributed by atoms with Crippen LogP contribution in [0.5, 0.6) is 0 Å². The summed E-state index contributed by atoms with van der Waals surface area (Å²) in [6.45, 7) is 0. The number of alkyl halides is 2. The van der Waals surface area contributed by atoms with Crippen LogP contribution >= 0.6 is 31.9 Å². The quantitative estimate of drug-likeness (QED) is 0.295. The Labute approximate surface area is 91.8 Å². The lowest BCUT2D eigenvalue weighted by Crippen LogP contribution is -2.55. The third kappa shape index (κ3) is 1.21. The van der Waals surface area contributed by atoms with Crippen molar-refractivity contribution in [2.24, 2.45) is 5.41 Å². The molecule has 1 spiro atoms. The number of carbonyl (C=O) groups excluding carboxylic acids is 2. The van der Waals surface area contributed by atoms with Gasteiger partial charge in [0.05, 0.1) is 0 Å². The molecule has 70 valence electrons. The van der Waals surface area contributed by atoms with Crippen LogP contribution in [-0.2, 0) is 14.3 Å². The fraction of sp³-hybridized carbons (Fsp3) is 0.500. The maximum absolute atomic E-state index is 11.1. The lowest BCUT2D eigenvalue weighted by molar-refractivity contribution is -0.192. The van der Waals surface area contributed by atoms with Gasteiger partial charge in [0.2, 0.25) is 0 Å². The Morgan fingerprint density at radius 3 is 2.46 bits per heavy atom. The van der Waals surface area contributed by atoms with Crippen LogP contribution in [-0.4, -0.2) is 21.6 Å². The summed E-state index contributed by atoms with van der Waals surface area (Å²) in [7, 11) is 0. The van der Waals surface area contributed by atoms with Gasteiger partial charge in [-0.3, -0.25) is 0 Å². The van der Waals surface area contributed by atoms with Gasteiger partial charge in [0.15, 0.2) is 5.41 Å². The molecule has 1 aliphatic carbocycles. The third-order valence-electron chi connectivity index (χ3n) is 2.34. The molecule has 1 saturated heterocycles. The Hall–Kier alpha value is -0.160. The molecule has 3 nitrogen and oxygen atoms in total. The van der Waals surface area contributed by atoms with E-state index in [4.69, 9.17) is 0 Å². The van der Waals surface area contributed by atoms with Gasteiger partial charge in [0, 0.05) is 9.65 Å². The molecule has 2 rings (SSSR count). The van der Waals surface area contributed by atoms with Gasteiger partial charge in [0.25, 0.3) is 0 Å². The monoisotopic (exact) mass is 308 g/mol. The van der Waals surface area contributed by atoms with E-state index in [2.05, 4.69) is 36.6 Å². The highest BCUT2D eigenvalue weighted by Gasteiger charge is 2.59. The summed E-state index contributed by atoms with van der Waals surface area (Å²) >= 11 is 6.80. The number of esters is 2. The first-order chi connectivity index (χ1) is 6.06. The van der Waals surface area contributed by atoms with Crippen LogP contribution in [0.2, 0.25) is 0 Å². The molecular weight excluding hydrogens is 304 g/mol. The zero-order chi connectivity index (χ0) is 9.64. The van der Waals surface area contributed by atoms with E-state index >= 15 is 0 Å². The van der Waals surface area contributed by atoms with E-state index in [9.17, 15) is 9.59 Å². The normalized spacial score (nSPS) is 35.8. The molecule has 0 aromatic carbocycles. The Balaban J connectivity index is 2.31. The number of hydrogen-bond acceptors (Lipinski definition) is 3. The molecule has 5 heteroatoms. The smallest absolute Gasteiger partial charge is 0.335 e. The van der Waals surface area contributed by atoms with Crippen molar-refractivity contribution in [3.8, 4) is 0 Å². The zero-order valence-electron chi connectivity index (χ0n) is 6.50. The van der Waals surface area contributed by atoms with Crippen LogP contribution in [0.3, 0.4) is 0 Å². The second-order valence-electron chi connectivity index (χ2n) is 3.17. The Morgan fingerprint density at radius 1 is 1.38 bits per heavy atom. The Kier molecular flexibility index (Phi) is 2.11. The van der Waals surface area contributed by atoms with E-state index in [1.165, 1.54) is 0 Å². The highest BCUT2D eigenvalue weighted by molar-refractivity contribution is 9.12. The van der Waals surface area contributed by atoms with Gasteiger partial charge in [-0.15, -0.1) is 0 Å². The number of allylic oxidation sites excluding steroid dienone is 1. The van der Waals surface area contributed by atoms with Crippen molar-refractivity contribution < 1.29 is 14.3 Å². The summed E-state index contributed by atoms with van der Waals surface area (Å²) in [6.07, 6.45) is 3.91. The molecule has 1 fully saturated rings. The molecule has 0 unspecified atom stereocenters. The van der Waals surface area contributed by atoms with Crippen LogP contribution in [0, 0.1) is 5.41 Å². The number of halogens is 2. The number of rotatable bonds is 0. The summed E-state index contributed by atoms with van der Waals surface area (Å²) in [5.41, 5.74) is -0.988. The van der Waals surface area contributed by atoms with Gasteiger partial charge in [-0.05, 0) is 6.42 Å². The molecule has 2 atom stereocenters. The molecule has 1 heterocycles. The van der Waals surface area contributed by atoms with Crippen LogP contribution in [0.1, 0.15) is 6.42 Å². The van der Waals surface area contributed by atoms with Gasteiger partial charge in [-0.25, -0.2) is 9.59 Å². The van der Waals surface area contributed by atoms with Gasteiger partial charge < -0.3 is 4.74 Å². The standard InChI is InChI=1S/C8H6Br2O3/c9-4-1-2-8(3-5(4)10)6(11)13-7(8)12/h1-2,4-5H,3H2/t4-,5+/m1/s1. The molecule has 0 N–H and O–H groups in total. The second kappa shape index (κ2) is 2.92. The first-order valence-corrected chi connectivity index (χ1v) is 5.63. The van der Waals surface area contributed by atoms with Gasteiger partial charge in [-0.2, -0.15) is 0 Å². The van der Waals surface area contributed by atoms with Crippen LogP contribution in [0.4, 0.5) is 0 Å². The average molecular weight is 310 g/mol. The van der Waals surface area contributed by atoms with Crippen LogP contribution < -0.4 is 0 Å². The van der Waals surface area contributed by atoms with E-state index in [0.29, 0.717) is 6.42 Å². The highest BCUT2D eigenvalue weighted by atomic mass is 79.9. The minimum atomic E-state index is -0.988. The van der Waals surface area contributed by atoms with Crippen molar-refractivity contribution in [2.45, 2.75) is 16.1 Å². The van der Waals surface area contributed by atoms with Crippen molar-refractivity contribution in [3.63, 3.8) is 0 Å². The SMILES string of the molecule is O=C1OC(=O)C12C=C[C@@H](Br)[C@@H](Br)C2. The summed E-state index contributed by atoms with van der Waals surface area (Å²) < 4.78 is 4.35.